The molecule has 0 heterocycles. The Labute approximate surface area is 185 Å². The Kier molecular flexibility index (Phi) is 8.95. The summed E-state index contributed by atoms with van der Waals surface area (Å²) in [6.07, 6.45) is 6.87. The summed E-state index contributed by atoms with van der Waals surface area (Å²) in [4.78, 5) is 28.0. The average molecular weight is 423 g/mol. The lowest BCUT2D eigenvalue weighted by Crippen LogP contribution is -2.53. The Morgan fingerprint density at radius 2 is 1.65 bits per heavy atom. The van der Waals surface area contributed by atoms with Crippen molar-refractivity contribution in [3.8, 4) is 5.75 Å². The minimum absolute atomic E-state index is 0.0458. The van der Waals surface area contributed by atoms with Gasteiger partial charge in [0.1, 0.15) is 11.8 Å². The highest BCUT2D eigenvalue weighted by Crippen LogP contribution is 2.18. The van der Waals surface area contributed by atoms with Crippen molar-refractivity contribution in [1.29, 1.82) is 0 Å². The molecule has 0 aliphatic heterocycles. The highest BCUT2D eigenvalue weighted by molar-refractivity contribution is 5.88. The summed E-state index contributed by atoms with van der Waals surface area (Å²) in [6, 6.07) is 19.1. The molecule has 1 aliphatic carbocycles. The summed E-state index contributed by atoms with van der Waals surface area (Å²) in [5.74, 6) is 0.444. The van der Waals surface area contributed by atoms with Gasteiger partial charge in [-0.1, -0.05) is 74.7 Å². The molecule has 0 spiro atoms. The number of carbonyl (C=O) groups is 2. The van der Waals surface area contributed by atoms with Gasteiger partial charge >= 0.3 is 0 Å². The van der Waals surface area contributed by atoms with Crippen LogP contribution in [0.2, 0.25) is 0 Å². The molecule has 1 N–H and O–H groups in total. The third kappa shape index (κ3) is 7.12. The molecule has 5 nitrogen and oxygen atoms in total. The monoisotopic (exact) mass is 422 g/mol. The fourth-order valence-corrected chi connectivity index (χ4v) is 4.18. The third-order valence-electron chi connectivity index (χ3n) is 5.93. The Morgan fingerprint density at radius 3 is 2.29 bits per heavy atom. The molecule has 2 amide bonds. The van der Waals surface area contributed by atoms with Gasteiger partial charge in [0.2, 0.25) is 5.91 Å². The molecule has 1 atom stereocenters. The van der Waals surface area contributed by atoms with E-state index < -0.39 is 6.04 Å². The summed E-state index contributed by atoms with van der Waals surface area (Å²) in [6.45, 7) is 2.37. The van der Waals surface area contributed by atoms with Gasteiger partial charge in [0.15, 0.2) is 6.61 Å². The van der Waals surface area contributed by atoms with Crippen molar-refractivity contribution in [3.63, 3.8) is 0 Å². The van der Waals surface area contributed by atoms with Crippen LogP contribution in [-0.2, 0) is 16.0 Å². The zero-order valence-corrected chi connectivity index (χ0v) is 18.5. The zero-order valence-electron chi connectivity index (χ0n) is 18.5. The first-order valence-electron chi connectivity index (χ1n) is 11.5. The lowest BCUT2D eigenvalue weighted by molar-refractivity contribution is -0.142. The number of hydrogen-bond donors (Lipinski definition) is 1. The van der Waals surface area contributed by atoms with E-state index in [9.17, 15) is 9.59 Å². The SMILES string of the molecule is CC[C@H](C(=O)NC1CCCCC1)N(CCc1ccccc1)C(=O)COc1ccccc1. The highest BCUT2D eigenvalue weighted by Gasteiger charge is 2.30. The van der Waals surface area contributed by atoms with Gasteiger partial charge in [-0.15, -0.1) is 0 Å². The molecule has 1 saturated carbocycles. The number of benzene rings is 2. The first-order valence-corrected chi connectivity index (χ1v) is 11.5. The summed E-state index contributed by atoms with van der Waals surface area (Å²) in [7, 11) is 0. The molecule has 1 fully saturated rings. The molecule has 0 bridgehead atoms. The molecule has 31 heavy (non-hydrogen) atoms. The molecule has 0 aromatic heterocycles. The second-order valence-electron chi connectivity index (χ2n) is 8.19. The number of hydrogen-bond acceptors (Lipinski definition) is 3. The van der Waals surface area contributed by atoms with E-state index >= 15 is 0 Å². The molecule has 2 aromatic carbocycles. The van der Waals surface area contributed by atoms with Crippen LogP contribution >= 0.6 is 0 Å². The van der Waals surface area contributed by atoms with Crippen LogP contribution in [0.4, 0.5) is 0 Å². The summed E-state index contributed by atoms with van der Waals surface area (Å²) < 4.78 is 5.70. The van der Waals surface area contributed by atoms with Crippen LogP contribution in [0, 0.1) is 0 Å². The van der Waals surface area contributed by atoms with E-state index in [0.29, 0.717) is 25.1 Å². The van der Waals surface area contributed by atoms with Gasteiger partial charge in [0.25, 0.3) is 5.91 Å². The van der Waals surface area contributed by atoms with Crippen LogP contribution in [0.25, 0.3) is 0 Å². The quantitative estimate of drug-likeness (QED) is 0.619. The number of ether oxygens (including phenoxy) is 1. The van der Waals surface area contributed by atoms with E-state index in [1.165, 1.54) is 6.42 Å². The van der Waals surface area contributed by atoms with Gasteiger partial charge in [-0.25, -0.2) is 0 Å². The van der Waals surface area contributed by atoms with E-state index in [2.05, 4.69) is 5.32 Å². The Hall–Kier alpha value is -2.82. The molecule has 1 aliphatic rings. The van der Waals surface area contributed by atoms with Gasteiger partial charge in [-0.3, -0.25) is 9.59 Å². The Balaban J connectivity index is 1.68. The van der Waals surface area contributed by atoms with Crippen molar-refractivity contribution in [3.05, 3.63) is 66.2 Å². The standard InChI is InChI=1S/C26H34N2O3/c1-2-24(26(30)27-22-14-8-4-9-15-22)28(19-18-21-12-6-3-7-13-21)25(29)20-31-23-16-10-5-11-17-23/h3,5-7,10-13,16-17,22,24H,2,4,8-9,14-15,18-20H2,1H3,(H,27,30)/t24-/m1/s1. The highest BCUT2D eigenvalue weighted by atomic mass is 16.5. The smallest absolute Gasteiger partial charge is 0.261 e. The maximum absolute atomic E-state index is 13.2. The van der Waals surface area contributed by atoms with Crippen molar-refractivity contribution >= 4 is 11.8 Å². The number of rotatable bonds is 10. The van der Waals surface area contributed by atoms with Crippen LogP contribution in [0.3, 0.4) is 0 Å². The maximum atomic E-state index is 13.2. The fraction of sp³-hybridized carbons (Fsp3) is 0.462. The minimum atomic E-state index is -0.488. The summed E-state index contributed by atoms with van der Waals surface area (Å²) >= 11 is 0. The molecule has 0 unspecified atom stereocenters. The van der Waals surface area contributed by atoms with Gasteiger partial charge in [0.05, 0.1) is 0 Å². The summed E-state index contributed by atoms with van der Waals surface area (Å²) in [5.41, 5.74) is 1.15. The molecular formula is C26H34N2O3. The van der Waals surface area contributed by atoms with Crippen LogP contribution in [0.1, 0.15) is 51.0 Å². The van der Waals surface area contributed by atoms with Crippen molar-refractivity contribution in [2.75, 3.05) is 13.2 Å². The minimum Gasteiger partial charge on any atom is -0.484 e. The molecule has 3 rings (SSSR count). The van der Waals surface area contributed by atoms with E-state index in [-0.39, 0.29) is 24.5 Å². The predicted octanol–water partition coefficient (Wildman–Crippen LogP) is 4.36. The van der Waals surface area contributed by atoms with Crippen LogP contribution in [-0.4, -0.2) is 41.9 Å². The lowest BCUT2D eigenvalue weighted by Gasteiger charge is -2.32. The second-order valence-corrected chi connectivity index (χ2v) is 8.19. The van der Waals surface area contributed by atoms with Crippen LogP contribution in [0.5, 0.6) is 5.75 Å². The fourth-order valence-electron chi connectivity index (χ4n) is 4.18. The van der Waals surface area contributed by atoms with Gasteiger partial charge in [-0.2, -0.15) is 0 Å². The number of nitrogens with zero attached hydrogens (tertiary/aromatic N) is 1. The topological polar surface area (TPSA) is 58.6 Å². The zero-order chi connectivity index (χ0) is 21.9. The van der Waals surface area contributed by atoms with Crippen molar-refractivity contribution in [2.45, 2.75) is 64.0 Å². The molecular weight excluding hydrogens is 388 g/mol. The molecule has 166 valence electrons. The van der Waals surface area contributed by atoms with Gasteiger partial charge in [0, 0.05) is 12.6 Å². The number of nitrogens with one attached hydrogen (secondary N) is 1. The van der Waals surface area contributed by atoms with E-state index in [1.54, 1.807) is 4.90 Å². The third-order valence-corrected chi connectivity index (χ3v) is 5.93. The van der Waals surface area contributed by atoms with Crippen LogP contribution < -0.4 is 10.1 Å². The normalized spacial score (nSPS) is 15.1. The average Bonchev–Trinajstić information content (AvgIpc) is 2.82. The lowest BCUT2D eigenvalue weighted by atomic mass is 9.95. The Morgan fingerprint density at radius 1 is 1.00 bits per heavy atom. The van der Waals surface area contributed by atoms with Gasteiger partial charge in [-0.05, 0) is 43.4 Å². The second kappa shape index (κ2) is 12.1. The molecule has 0 saturated heterocycles. The van der Waals surface area contributed by atoms with Crippen LogP contribution in [0.15, 0.2) is 60.7 Å². The predicted molar refractivity (Wildman–Crippen MR) is 123 cm³/mol. The Bertz CT molecular complexity index is 804. The van der Waals surface area contributed by atoms with E-state index in [4.69, 9.17) is 4.74 Å². The van der Waals surface area contributed by atoms with E-state index in [0.717, 1.165) is 31.2 Å². The van der Waals surface area contributed by atoms with Crippen molar-refractivity contribution in [2.24, 2.45) is 0 Å². The summed E-state index contributed by atoms with van der Waals surface area (Å²) in [5, 5.41) is 3.20. The molecule has 0 radical (unpaired) electrons. The molecule has 2 aromatic rings. The number of amides is 2. The van der Waals surface area contributed by atoms with Crippen molar-refractivity contribution in [1.82, 2.24) is 10.2 Å². The van der Waals surface area contributed by atoms with Crippen molar-refractivity contribution < 1.29 is 14.3 Å². The van der Waals surface area contributed by atoms with E-state index in [1.807, 2.05) is 67.6 Å². The van der Waals surface area contributed by atoms with Gasteiger partial charge < -0.3 is 15.0 Å². The number of para-hydroxylation sites is 1. The first kappa shape index (κ1) is 22.9. The first-order chi connectivity index (χ1) is 15.2. The number of carbonyl (C=O) groups excluding carboxylic acids is 2. The maximum Gasteiger partial charge on any atom is 0.261 e. The molecule has 5 heteroatoms. The largest absolute Gasteiger partial charge is 0.484 e.